The Labute approximate surface area is 165 Å². The fourth-order valence-electron chi connectivity index (χ4n) is 3.53. The fraction of sp³-hybridized carbons (Fsp3) is 0.263. The van der Waals surface area contributed by atoms with Crippen molar-refractivity contribution in [3.05, 3.63) is 50.0 Å². The van der Waals surface area contributed by atoms with Crippen molar-refractivity contribution in [3.63, 3.8) is 0 Å². The van der Waals surface area contributed by atoms with Gasteiger partial charge in [-0.1, -0.05) is 47.8 Å². The highest BCUT2D eigenvalue weighted by atomic mass is 35.5. The van der Waals surface area contributed by atoms with Gasteiger partial charge in [0.25, 0.3) is 5.91 Å². The number of aliphatic hydroxyl groups excluding tert-OH is 1. The molecule has 2 aromatic carbocycles. The number of rotatable bonds is 4. The highest BCUT2D eigenvalue weighted by Crippen LogP contribution is 2.47. The van der Waals surface area contributed by atoms with Gasteiger partial charge in [-0.15, -0.1) is 0 Å². The lowest BCUT2D eigenvalue weighted by atomic mass is 10.00. The van der Waals surface area contributed by atoms with Crippen LogP contribution < -0.4 is 0 Å². The van der Waals surface area contributed by atoms with Crippen LogP contribution in [0.1, 0.15) is 34.8 Å². The van der Waals surface area contributed by atoms with Crippen LogP contribution in [0.15, 0.2) is 18.2 Å². The molecule has 26 heavy (non-hydrogen) atoms. The van der Waals surface area contributed by atoms with Crippen molar-refractivity contribution in [2.24, 2.45) is 0 Å². The van der Waals surface area contributed by atoms with Gasteiger partial charge < -0.3 is 5.11 Å². The van der Waals surface area contributed by atoms with Crippen molar-refractivity contribution in [2.75, 3.05) is 6.61 Å². The molecule has 0 bridgehead atoms. The monoisotopic (exact) mass is 408 g/mol. The molecule has 1 aliphatic rings. The molecular weight excluding hydrogens is 395 g/mol. The molecular formula is C19H15Cl3N2O2. The van der Waals surface area contributed by atoms with Gasteiger partial charge in [0.15, 0.2) is 5.82 Å². The first-order valence-corrected chi connectivity index (χ1v) is 9.49. The van der Waals surface area contributed by atoms with Crippen molar-refractivity contribution < 1.29 is 9.90 Å². The standard InChI is InChI=1S/C19H15Cl3N2O2/c1-2-10-13-14(16(21)17(22)15(10)20)18-23-11-6-5-9(4-3-7-25)8-12(11)24(18)19(13)26/h5-6,8,25H,2-4,7H2,1H3. The molecule has 0 radical (unpaired) electrons. The molecule has 0 amide bonds. The first-order chi connectivity index (χ1) is 12.5. The van der Waals surface area contributed by atoms with E-state index in [1.807, 2.05) is 25.1 Å². The van der Waals surface area contributed by atoms with Crippen molar-refractivity contribution in [3.8, 4) is 11.4 Å². The van der Waals surface area contributed by atoms with Gasteiger partial charge in [-0.05, 0) is 42.5 Å². The van der Waals surface area contributed by atoms with Crippen LogP contribution in [-0.2, 0) is 12.8 Å². The van der Waals surface area contributed by atoms with Gasteiger partial charge in [0.05, 0.1) is 37.2 Å². The van der Waals surface area contributed by atoms with Crippen LogP contribution in [0.2, 0.25) is 15.1 Å². The van der Waals surface area contributed by atoms with E-state index in [2.05, 4.69) is 4.98 Å². The van der Waals surface area contributed by atoms with Gasteiger partial charge in [0, 0.05) is 6.61 Å². The van der Waals surface area contributed by atoms with E-state index in [1.54, 1.807) is 4.57 Å². The van der Waals surface area contributed by atoms with E-state index < -0.39 is 0 Å². The summed E-state index contributed by atoms with van der Waals surface area (Å²) in [4.78, 5) is 17.8. The first-order valence-electron chi connectivity index (χ1n) is 8.36. The SMILES string of the molecule is CCc1c(Cl)c(Cl)c(Cl)c2c1C(=O)n1c-2nc2ccc(CCCO)cc21. The van der Waals surface area contributed by atoms with Gasteiger partial charge >= 0.3 is 0 Å². The zero-order valence-electron chi connectivity index (χ0n) is 13.9. The lowest BCUT2D eigenvalue weighted by Crippen LogP contribution is -2.09. The minimum atomic E-state index is -0.186. The topological polar surface area (TPSA) is 55.1 Å². The molecule has 1 aliphatic heterocycles. The quantitative estimate of drug-likeness (QED) is 0.474. The Balaban J connectivity index is 2.00. The maximum atomic E-state index is 13.2. The van der Waals surface area contributed by atoms with Gasteiger partial charge in [0.1, 0.15) is 0 Å². The normalized spacial score (nSPS) is 12.7. The van der Waals surface area contributed by atoms with Gasteiger partial charge in [0.2, 0.25) is 0 Å². The van der Waals surface area contributed by atoms with Gasteiger partial charge in [-0.3, -0.25) is 9.36 Å². The third-order valence-electron chi connectivity index (χ3n) is 4.76. The Morgan fingerprint density at radius 1 is 1.12 bits per heavy atom. The molecule has 2 heterocycles. The Hall–Kier alpha value is -1.59. The highest BCUT2D eigenvalue weighted by Gasteiger charge is 2.36. The number of hydrogen-bond donors (Lipinski definition) is 1. The molecule has 1 N–H and O–H groups in total. The molecule has 0 saturated heterocycles. The van der Waals surface area contributed by atoms with Gasteiger partial charge in [-0.2, -0.15) is 0 Å². The molecule has 3 aromatic rings. The molecule has 1 aromatic heterocycles. The summed E-state index contributed by atoms with van der Waals surface area (Å²) in [6.07, 6.45) is 1.96. The van der Waals surface area contributed by atoms with Crippen LogP contribution in [0, 0.1) is 0 Å². The number of nitrogens with zero attached hydrogens (tertiary/aromatic N) is 2. The van der Waals surface area contributed by atoms with Gasteiger partial charge in [-0.25, -0.2) is 4.98 Å². The molecule has 0 atom stereocenters. The van der Waals surface area contributed by atoms with Crippen LogP contribution in [0.4, 0.5) is 0 Å². The largest absolute Gasteiger partial charge is 0.396 e. The number of benzene rings is 2. The van der Waals surface area contributed by atoms with Crippen molar-refractivity contribution >= 4 is 51.7 Å². The second-order valence-electron chi connectivity index (χ2n) is 6.25. The first kappa shape index (κ1) is 17.8. The van der Waals surface area contributed by atoms with Crippen LogP contribution in [0.25, 0.3) is 22.4 Å². The van der Waals surface area contributed by atoms with E-state index in [0.717, 1.165) is 17.5 Å². The molecule has 4 nitrogen and oxygen atoms in total. The van der Waals surface area contributed by atoms with E-state index in [-0.39, 0.29) is 22.6 Å². The number of carbonyl (C=O) groups excluding carboxylic acids is 1. The van der Waals surface area contributed by atoms with Crippen LogP contribution in [0.3, 0.4) is 0 Å². The predicted octanol–water partition coefficient (Wildman–Crippen LogP) is 5.15. The summed E-state index contributed by atoms with van der Waals surface area (Å²) in [7, 11) is 0. The Bertz CT molecular complexity index is 1070. The Morgan fingerprint density at radius 3 is 2.58 bits per heavy atom. The number of aromatic nitrogens is 2. The zero-order valence-corrected chi connectivity index (χ0v) is 16.2. The minimum absolute atomic E-state index is 0.124. The van der Waals surface area contributed by atoms with E-state index >= 15 is 0 Å². The molecule has 0 fully saturated rings. The van der Waals surface area contributed by atoms with Crippen LogP contribution in [-0.4, -0.2) is 27.2 Å². The van der Waals surface area contributed by atoms with E-state index in [1.165, 1.54) is 0 Å². The summed E-state index contributed by atoms with van der Waals surface area (Å²) in [6.45, 7) is 2.05. The number of aliphatic hydroxyl groups is 1. The van der Waals surface area contributed by atoms with E-state index in [9.17, 15) is 4.79 Å². The maximum absolute atomic E-state index is 13.2. The summed E-state index contributed by atoms with van der Waals surface area (Å²) >= 11 is 19.1. The number of fused-ring (bicyclic) bond motifs is 5. The predicted molar refractivity (Wildman–Crippen MR) is 105 cm³/mol. The van der Waals surface area contributed by atoms with Crippen LogP contribution >= 0.6 is 34.8 Å². The Morgan fingerprint density at radius 2 is 1.88 bits per heavy atom. The summed E-state index contributed by atoms with van der Waals surface area (Å²) in [5.74, 6) is 0.312. The average Bonchev–Trinajstić information content (AvgIpc) is 3.14. The summed E-state index contributed by atoms with van der Waals surface area (Å²) in [5, 5.41) is 9.88. The molecule has 4 rings (SSSR count). The summed E-state index contributed by atoms with van der Waals surface area (Å²) in [6, 6.07) is 5.78. The lowest BCUT2D eigenvalue weighted by molar-refractivity contribution is 0.0972. The second kappa shape index (κ2) is 6.54. The minimum Gasteiger partial charge on any atom is -0.396 e. The maximum Gasteiger partial charge on any atom is 0.265 e. The number of imidazole rings is 1. The Kier molecular flexibility index (Phi) is 4.48. The van der Waals surface area contributed by atoms with Crippen molar-refractivity contribution in [1.82, 2.24) is 9.55 Å². The molecule has 0 spiro atoms. The third-order valence-corrected chi connectivity index (χ3v) is 6.12. The third kappa shape index (κ3) is 2.40. The number of aryl methyl sites for hydroxylation is 1. The second-order valence-corrected chi connectivity index (χ2v) is 7.38. The van der Waals surface area contributed by atoms with Crippen molar-refractivity contribution in [2.45, 2.75) is 26.2 Å². The molecule has 7 heteroatoms. The van der Waals surface area contributed by atoms with E-state index in [0.29, 0.717) is 45.9 Å². The number of carbonyl (C=O) groups is 1. The fourth-order valence-corrected chi connectivity index (χ4v) is 4.38. The average molecular weight is 410 g/mol. The number of halogens is 3. The van der Waals surface area contributed by atoms with Crippen molar-refractivity contribution in [1.29, 1.82) is 0 Å². The van der Waals surface area contributed by atoms with Crippen LogP contribution in [0.5, 0.6) is 0 Å². The smallest absolute Gasteiger partial charge is 0.265 e. The molecule has 0 aliphatic carbocycles. The summed E-state index contributed by atoms with van der Waals surface area (Å²) in [5.41, 5.74) is 4.20. The lowest BCUT2D eigenvalue weighted by Gasteiger charge is -2.11. The zero-order chi connectivity index (χ0) is 18.6. The highest BCUT2D eigenvalue weighted by molar-refractivity contribution is 6.50. The molecule has 0 saturated carbocycles. The molecule has 134 valence electrons. The number of hydrogen-bond acceptors (Lipinski definition) is 3. The molecule has 0 unspecified atom stereocenters. The summed E-state index contributed by atoms with van der Waals surface area (Å²) < 4.78 is 1.58. The van der Waals surface area contributed by atoms with E-state index in [4.69, 9.17) is 39.9 Å².